The van der Waals surface area contributed by atoms with Crippen LogP contribution in [0.1, 0.15) is 16.8 Å². The molecule has 0 aliphatic carbocycles. The average molecular weight is 369 g/mol. The summed E-state index contributed by atoms with van der Waals surface area (Å²) in [6.45, 7) is 2.05. The van der Waals surface area contributed by atoms with Crippen molar-refractivity contribution in [3.63, 3.8) is 0 Å². The molecule has 0 saturated carbocycles. The molecular weight excluding hydrogens is 350 g/mol. The van der Waals surface area contributed by atoms with Gasteiger partial charge >= 0.3 is 0 Å². The molecule has 0 spiro atoms. The summed E-state index contributed by atoms with van der Waals surface area (Å²) in [5.74, 6) is 0.960. The van der Waals surface area contributed by atoms with Crippen molar-refractivity contribution in [2.24, 2.45) is 0 Å². The Morgan fingerprint density at radius 2 is 1.89 bits per heavy atom. The number of aromatic amines is 2. The van der Waals surface area contributed by atoms with E-state index in [2.05, 4.69) is 60.8 Å². The summed E-state index contributed by atoms with van der Waals surface area (Å²) >= 11 is 0. The van der Waals surface area contributed by atoms with E-state index in [1.807, 2.05) is 25.3 Å². The summed E-state index contributed by atoms with van der Waals surface area (Å²) in [6.07, 6.45) is 4.30. The summed E-state index contributed by atoms with van der Waals surface area (Å²) in [6, 6.07) is 14.5. The molecule has 0 aliphatic rings. The second kappa shape index (κ2) is 6.38. The molecule has 5 N–H and O–H groups in total. The molecule has 0 amide bonds. The van der Waals surface area contributed by atoms with Gasteiger partial charge in [-0.3, -0.25) is 5.10 Å². The second-order valence-corrected chi connectivity index (χ2v) is 6.95. The van der Waals surface area contributed by atoms with Gasteiger partial charge in [0.25, 0.3) is 0 Å². The van der Waals surface area contributed by atoms with Gasteiger partial charge in [-0.25, -0.2) is 4.98 Å². The third-order valence-corrected chi connectivity index (χ3v) is 4.80. The SMILES string of the molecule is Cc1cc2cc(Nc3nc(N)ncc3Cc3ccc4[nH]ncc4c3)ccc2[nH]1. The maximum atomic E-state index is 5.85. The van der Waals surface area contributed by atoms with Gasteiger partial charge in [0, 0.05) is 45.9 Å². The van der Waals surface area contributed by atoms with Crippen LogP contribution in [0, 0.1) is 6.92 Å². The van der Waals surface area contributed by atoms with Gasteiger partial charge in [-0.2, -0.15) is 10.1 Å². The number of aryl methyl sites for hydroxylation is 1. The van der Waals surface area contributed by atoms with E-state index in [1.54, 1.807) is 6.20 Å². The number of aromatic nitrogens is 5. The predicted octanol–water partition coefficient (Wildman–Crippen LogP) is 4.06. The highest BCUT2D eigenvalue weighted by molar-refractivity contribution is 5.85. The number of H-pyrrole nitrogens is 2. The van der Waals surface area contributed by atoms with Crippen LogP contribution in [0.5, 0.6) is 0 Å². The molecule has 0 radical (unpaired) electrons. The first kappa shape index (κ1) is 16.3. The molecule has 3 heterocycles. The predicted molar refractivity (Wildman–Crippen MR) is 112 cm³/mol. The molecule has 0 atom stereocenters. The van der Waals surface area contributed by atoms with Gasteiger partial charge in [0.15, 0.2) is 0 Å². The normalized spacial score (nSPS) is 11.3. The van der Waals surface area contributed by atoms with Crippen molar-refractivity contribution >= 4 is 39.3 Å². The quantitative estimate of drug-likeness (QED) is 0.382. The topological polar surface area (TPSA) is 108 Å². The minimum atomic E-state index is 0.245. The Labute approximate surface area is 161 Å². The molecule has 28 heavy (non-hydrogen) atoms. The molecule has 5 rings (SSSR count). The number of hydrogen-bond acceptors (Lipinski definition) is 5. The number of hydrogen-bond donors (Lipinski definition) is 4. The van der Waals surface area contributed by atoms with Crippen LogP contribution < -0.4 is 11.1 Å². The van der Waals surface area contributed by atoms with E-state index in [4.69, 9.17) is 5.73 Å². The number of rotatable bonds is 4. The lowest BCUT2D eigenvalue weighted by atomic mass is 10.1. The number of nitrogens with one attached hydrogen (secondary N) is 3. The van der Waals surface area contributed by atoms with Crippen LogP contribution in [-0.2, 0) is 6.42 Å². The zero-order valence-electron chi connectivity index (χ0n) is 15.3. The number of nitrogens with zero attached hydrogens (tertiary/aromatic N) is 3. The van der Waals surface area contributed by atoms with E-state index in [-0.39, 0.29) is 5.95 Å². The molecule has 7 heteroatoms. The smallest absolute Gasteiger partial charge is 0.221 e. The van der Waals surface area contributed by atoms with E-state index in [0.29, 0.717) is 12.2 Å². The fourth-order valence-electron chi connectivity index (χ4n) is 3.47. The lowest BCUT2D eigenvalue weighted by Gasteiger charge is -2.12. The van der Waals surface area contributed by atoms with Crippen molar-refractivity contribution in [3.8, 4) is 0 Å². The summed E-state index contributed by atoms with van der Waals surface area (Å²) in [7, 11) is 0. The molecule has 5 aromatic rings. The number of anilines is 3. The summed E-state index contributed by atoms with van der Waals surface area (Å²) < 4.78 is 0. The van der Waals surface area contributed by atoms with Gasteiger partial charge in [0.05, 0.1) is 11.7 Å². The van der Waals surface area contributed by atoms with Crippen molar-refractivity contribution in [2.75, 3.05) is 11.1 Å². The Hall–Kier alpha value is -3.87. The van der Waals surface area contributed by atoms with Crippen molar-refractivity contribution in [2.45, 2.75) is 13.3 Å². The zero-order valence-corrected chi connectivity index (χ0v) is 15.3. The Morgan fingerprint density at radius 1 is 1.00 bits per heavy atom. The highest BCUT2D eigenvalue weighted by atomic mass is 15.1. The Kier molecular flexibility index (Phi) is 3.72. The molecule has 0 fully saturated rings. The van der Waals surface area contributed by atoms with E-state index < -0.39 is 0 Å². The molecule has 0 saturated heterocycles. The molecular formula is C21H19N7. The van der Waals surface area contributed by atoms with Gasteiger partial charge in [0.1, 0.15) is 5.82 Å². The zero-order chi connectivity index (χ0) is 19.1. The first-order chi connectivity index (χ1) is 13.6. The van der Waals surface area contributed by atoms with Crippen molar-refractivity contribution in [3.05, 3.63) is 71.7 Å². The van der Waals surface area contributed by atoms with E-state index in [1.165, 1.54) is 0 Å². The van der Waals surface area contributed by atoms with Gasteiger partial charge in [-0.1, -0.05) is 6.07 Å². The standard InChI is InChI=1S/C21H19N7/c1-12-6-14-9-17(3-5-18(14)25-12)26-20-16(10-23-21(22)27-20)8-13-2-4-19-15(7-13)11-24-28-19/h2-7,9-11,25H,8H2,1H3,(H,24,28)(H3,22,23,26,27). The molecule has 0 aliphatic heterocycles. The lowest BCUT2D eigenvalue weighted by Crippen LogP contribution is -2.04. The van der Waals surface area contributed by atoms with Crippen LogP contribution in [0.2, 0.25) is 0 Å². The number of benzene rings is 2. The van der Waals surface area contributed by atoms with Crippen LogP contribution in [0.25, 0.3) is 21.8 Å². The van der Waals surface area contributed by atoms with E-state index in [0.717, 1.165) is 44.3 Å². The molecule has 3 aromatic heterocycles. The van der Waals surface area contributed by atoms with Crippen LogP contribution in [-0.4, -0.2) is 25.1 Å². The van der Waals surface area contributed by atoms with Crippen LogP contribution in [0.3, 0.4) is 0 Å². The van der Waals surface area contributed by atoms with Gasteiger partial charge in [0.2, 0.25) is 5.95 Å². The average Bonchev–Trinajstić information content (AvgIpc) is 3.28. The van der Waals surface area contributed by atoms with Gasteiger partial charge < -0.3 is 16.0 Å². The van der Waals surface area contributed by atoms with Crippen LogP contribution in [0.4, 0.5) is 17.5 Å². The largest absolute Gasteiger partial charge is 0.368 e. The number of fused-ring (bicyclic) bond motifs is 2. The summed E-state index contributed by atoms with van der Waals surface area (Å²) in [5, 5.41) is 12.7. The third-order valence-electron chi connectivity index (χ3n) is 4.80. The number of nitrogen functional groups attached to an aromatic ring is 1. The molecule has 138 valence electrons. The minimum Gasteiger partial charge on any atom is -0.368 e. The summed E-state index contributed by atoms with van der Waals surface area (Å²) in [4.78, 5) is 12.0. The Bertz CT molecular complexity index is 1300. The first-order valence-corrected chi connectivity index (χ1v) is 9.04. The van der Waals surface area contributed by atoms with E-state index >= 15 is 0 Å². The summed E-state index contributed by atoms with van der Waals surface area (Å²) in [5.41, 5.74) is 12.2. The third kappa shape index (κ3) is 3.03. The maximum absolute atomic E-state index is 5.85. The molecule has 0 unspecified atom stereocenters. The van der Waals surface area contributed by atoms with Gasteiger partial charge in [-0.05, 0) is 48.9 Å². The maximum Gasteiger partial charge on any atom is 0.221 e. The van der Waals surface area contributed by atoms with Crippen LogP contribution in [0.15, 0.2) is 54.9 Å². The molecule has 2 aromatic carbocycles. The highest BCUT2D eigenvalue weighted by Gasteiger charge is 2.10. The fourth-order valence-corrected chi connectivity index (χ4v) is 3.47. The Morgan fingerprint density at radius 3 is 2.82 bits per heavy atom. The minimum absolute atomic E-state index is 0.245. The number of nitrogens with two attached hydrogens (primary N) is 1. The lowest BCUT2D eigenvalue weighted by molar-refractivity contribution is 1.09. The second-order valence-electron chi connectivity index (χ2n) is 6.95. The van der Waals surface area contributed by atoms with Crippen molar-refractivity contribution < 1.29 is 0 Å². The molecule has 7 nitrogen and oxygen atoms in total. The monoisotopic (exact) mass is 369 g/mol. The van der Waals surface area contributed by atoms with E-state index in [9.17, 15) is 0 Å². The Balaban J connectivity index is 1.48. The van der Waals surface area contributed by atoms with Crippen molar-refractivity contribution in [1.29, 1.82) is 0 Å². The highest BCUT2D eigenvalue weighted by Crippen LogP contribution is 2.26. The van der Waals surface area contributed by atoms with Gasteiger partial charge in [-0.15, -0.1) is 0 Å². The van der Waals surface area contributed by atoms with Crippen molar-refractivity contribution in [1.82, 2.24) is 25.1 Å². The fraction of sp³-hybridized carbons (Fsp3) is 0.0952. The first-order valence-electron chi connectivity index (χ1n) is 9.04. The van der Waals surface area contributed by atoms with Crippen LogP contribution >= 0.6 is 0 Å². The molecule has 0 bridgehead atoms.